The van der Waals surface area contributed by atoms with Gasteiger partial charge in [0.2, 0.25) is 0 Å². The fourth-order valence-electron chi connectivity index (χ4n) is 3.04. The number of hydrogen-bond donors (Lipinski definition) is 1. The van der Waals surface area contributed by atoms with Crippen LogP contribution in [0.5, 0.6) is 17.2 Å². The highest BCUT2D eigenvalue weighted by atomic mass is 16.5. The maximum absolute atomic E-state index is 5.81. The van der Waals surface area contributed by atoms with Crippen molar-refractivity contribution in [2.75, 3.05) is 25.6 Å². The molecule has 0 radical (unpaired) electrons. The van der Waals surface area contributed by atoms with Crippen molar-refractivity contribution in [1.82, 2.24) is 14.8 Å². The second-order valence-corrected chi connectivity index (χ2v) is 6.32. The van der Waals surface area contributed by atoms with Crippen LogP contribution in [-0.2, 0) is 13.6 Å². The highest BCUT2D eigenvalue weighted by Gasteiger charge is 2.15. The van der Waals surface area contributed by atoms with Gasteiger partial charge in [0.25, 0.3) is 0 Å². The first-order chi connectivity index (χ1) is 13.2. The molecule has 3 heterocycles. The van der Waals surface area contributed by atoms with E-state index >= 15 is 0 Å². The molecule has 0 aliphatic carbocycles. The summed E-state index contributed by atoms with van der Waals surface area (Å²) >= 11 is 0. The van der Waals surface area contributed by atoms with Gasteiger partial charge in [-0.2, -0.15) is 5.10 Å². The third-order valence-corrected chi connectivity index (χ3v) is 4.35. The molecular formula is C20H22N4O3. The standard InChI is InChI=1S/C20H22N4O3/c1-24-13-15(12-22-19-11-16(25-2)6-7-21-19)20(23-24)14-4-5-17-18(10-14)27-9-3-8-26-17/h4-7,10-11,13H,3,8-9,12H2,1-2H3,(H,21,22). The zero-order chi connectivity index (χ0) is 18.6. The number of nitrogens with one attached hydrogen (secondary N) is 1. The van der Waals surface area contributed by atoms with Crippen molar-refractivity contribution in [3.05, 3.63) is 48.3 Å². The SMILES string of the molecule is COc1ccnc(NCc2cn(C)nc2-c2ccc3c(c2)OCCCO3)c1. The van der Waals surface area contributed by atoms with Crippen molar-refractivity contribution in [3.63, 3.8) is 0 Å². The minimum atomic E-state index is 0.595. The molecular weight excluding hydrogens is 344 g/mol. The summed E-state index contributed by atoms with van der Waals surface area (Å²) in [6, 6.07) is 9.65. The van der Waals surface area contributed by atoms with E-state index in [-0.39, 0.29) is 0 Å². The second-order valence-electron chi connectivity index (χ2n) is 6.32. The van der Waals surface area contributed by atoms with E-state index in [2.05, 4.69) is 15.4 Å². The van der Waals surface area contributed by atoms with Gasteiger partial charge in [-0.15, -0.1) is 0 Å². The van der Waals surface area contributed by atoms with E-state index < -0.39 is 0 Å². The Kier molecular flexibility index (Phi) is 4.82. The number of rotatable bonds is 5. The molecule has 1 aliphatic rings. The van der Waals surface area contributed by atoms with Crippen molar-refractivity contribution in [2.45, 2.75) is 13.0 Å². The van der Waals surface area contributed by atoms with Gasteiger partial charge in [-0.3, -0.25) is 4.68 Å². The van der Waals surface area contributed by atoms with Gasteiger partial charge < -0.3 is 19.5 Å². The molecule has 0 amide bonds. The highest BCUT2D eigenvalue weighted by Crippen LogP contribution is 2.34. The van der Waals surface area contributed by atoms with E-state index in [0.717, 1.165) is 46.3 Å². The summed E-state index contributed by atoms with van der Waals surface area (Å²) in [4.78, 5) is 4.32. The average molecular weight is 366 g/mol. The van der Waals surface area contributed by atoms with Gasteiger partial charge >= 0.3 is 0 Å². The van der Waals surface area contributed by atoms with E-state index in [9.17, 15) is 0 Å². The van der Waals surface area contributed by atoms with Crippen molar-refractivity contribution in [3.8, 4) is 28.5 Å². The van der Waals surface area contributed by atoms with E-state index in [1.165, 1.54) is 0 Å². The fourth-order valence-corrected chi connectivity index (χ4v) is 3.04. The predicted octanol–water partition coefficient (Wildman–Crippen LogP) is 3.26. The lowest BCUT2D eigenvalue weighted by molar-refractivity contribution is 0.297. The van der Waals surface area contributed by atoms with Gasteiger partial charge in [-0.05, 0) is 24.3 Å². The van der Waals surface area contributed by atoms with Crippen LogP contribution in [0.4, 0.5) is 5.82 Å². The van der Waals surface area contributed by atoms with Crippen LogP contribution in [-0.4, -0.2) is 35.1 Å². The molecule has 0 saturated carbocycles. The number of nitrogens with zero attached hydrogens (tertiary/aromatic N) is 3. The minimum absolute atomic E-state index is 0.595. The molecule has 0 saturated heterocycles. The first kappa shape index (κ1) is 17.2. The van der Waals surface area contributed by atoms with Crippen LogP contribution in [0.2, 0.25) is 0 Å². The van der Waals surface area contributed by atoms with Crippen molar-refractivity contribution < 1.29 is 14.2 Å². The van der Waals surface area contributed by atoms with Crippen molar-refractivity contribution >= 4 is 5.82 Å². The van der Waals surface area contributed by atoms with Crippen LogP contribution in [0.3, 0.4) is 0 Å². The Hall–Kier alpha value is -3.22. The number of hydrogen-bond acceptors (Lipinski definition) is 6. The molecule has 0 atom stereocenters. The lowest BCUT2D eigenvalue weighted by atomic mass is 10.1. The van der Waals surface area contributed by atoms with E-state index in [4.69, 9.17) is 14.2 Å². The lowest BCUT2D eigenvalue weighted by Crippen LogP contribution is -2.02. The lowest BCUT2D eigenvalue weighted by Gasteiger charge is -2.10. The summed E-state index contributed by atoms with van der Waals surface area (Å²) in [5, 5.41) is 7.97. The first-order valence-corrected chi connectivity index (χ1v) is 8.89. The van der Waals surface area contributed by atoms with Gasteiger partial charge in [-0.1, -0.05) is 0 Å². The zero-order valence-corrected chi connectivity index (χ0v) is 15.4. The monoisotopic (exact) mass is 366 g/mol. The second kappa shape index (κ2) is 7.57. The van der Waals surface area contributed by atoms with Gasteiger partial charge in [0.15, 0.2) is 11.5 Å². The number of anilines is 1. The number of fused-ring (bicyclic) bond motifs is 1. The molecule has 0 spiro atoms. The number of benzene rings is 1. The number of pyridine rings is 1. The molecule has 7 nitrogen and oxygen atoms in total. The molecule has 140 valence electrons. The largest absolute Gasteiger partial charge is 0.497 e. The van der Waals surface area contributed by atoms with Crippen LogP contribution in [0.25, 0.3) is 11.3 Å². The quantitative estimate of drug-likeness (QED) is 0.747. The topological polar surface area (TPSA) is 70.4 Å². The minimum Gasteiger partial charge on any atom is -0.497 e. The molecule has 0 unspecified atom stereocenters. The Bertz CT molecular complexity index is 939. The van der Waals surface area contributed by atoms with Crippen LogP contribution in [0, 0.1) is 0 Å². The summed E-state index contributed by atoms with van der Waals surface area (Å²) in [6.45, 7) is 1.94. The van der Waals surface area contributed by atoms with Crippen LogP contribution < -0.4 is 19.5 Å². The number of ether oxygens (including phenoxy) is 3. The normalized spacial score (nSPS) is 13.1. The van der Waals surface area contributed by atoms with Gasteiger partial charge in [0.1, 0.15) is 11.6 Å². The molecule has 3 aromatic rings. The van der Waals surface area contributed by atoms with E-state index in [1.807, 2.05) is 48.3 Å². The molecule has 0 fully saturated rings. The Labute approximate surface area is 157 Å². The molecule has 4 rings (SSSR count). The maximum atomic E-state index is 5.81. The highest BCUT2D eigenvalue weighted by molar-refractivity contribution is 5.67. The van der Waals surface area contributed by atoms with Crippen molar-refractivity contribution in [2.24, 2.45) is 7.05 Å². The Morgan fingerprint density at radius 3 is 2.85 bits per heavy atom. The van der Waals surface area contributed by atoms with Gasteiger partial charge in [0, 0.05) is 49.6 Å². The Balaban J connectivity index is 1.58. The summed E-state index contributed by atoms with van der Waals surface area (Å²) in [5.41, 5.74) is 2.97. The molecule has 7 heteroatoms. The molecule has 1 aromatic carbocycles. The Morgan fingerprint density at radius 1 is 1.15 bits per heavy atom. The summed E-state index contributed by atoms with van der Waals surface area (Å²) < 4.78 is 18.6. The van der Waals surface area contributed by atoms with E-state index in [0.29, 0.717) is 19.8 Å². The number of aryl methyl sites for hydroxylation is 1. The average Bonchev–Trinajstić information content (AvgIpc) is 2.91. The van der Waals surface area contributed by atoms with Gasteiger partial charge in [0.05, 0.1) is 26.0 Å². The smallest absolute Gasteiger partial charge is 0.161 e. The predicted molar refractivity (Wildman–Crippen MR) is 102 cm³/mol. The van der Waals surface area contributed by atoms with Crippen LogP contribution >= 0.6 is 0 Å². The molecule has 27 heavy (non-hydrogen) atoms. The van der Waals surface area contributed by atoms with Crippen molar-refractivity contribution in [1.29, 1.82) is 0 Å². The zero-order valence-electron chi connectivity index (χ0n) is 15.4. The first-order valence-electron chi connectivity index (χ1n) is 8.89. The molecule has 1 aliphatic heterocycles. The molecule has 1 N–H and O–H groups in total. The third kappa shape index (κ3) is 3.81. The molecule has 0 bridgehead atoms. The van der Waals surface area contributed by atoms with Crippen LogP contribution in [0.15, 0.2) is 42.7 Å². The Morgan fingerprint density at radius 2 is 2.00 bits per heavy atom. The number of methoxy groups -OCH3 is 1. The van der Waals surface area contributed by atoms with Crippen LogP contribution in [0.1, 0.15) is 12.0 Å². The summed E-state index contributed by atoms with van der Waals surface area (Å²) in [6.07, 6.45) is 4.61. The number of aromatic nitrogens is 3. The fraction of sp³-hybridized carbons (Fsp3) is 0.300. The summed E-state index contributed by atoms with van der Waals surface area (Å²) in [7, 11) is 3.56. The van der Waals surface area contributed by atoms with E-state index in [1.54, 1.807) is 13.3 Å². The summed E-state index contributed by atoms with van der Waals surface area (Å²) in [5.74, 6) is 3.07. The third-order valence-electron chi connectivity index (χ3n) is 4.35. The molecule has 2 aromatic heterocycles. The maximum Gasteiger partial charge on any atom is 0.161 e. The van der Waals surface area contributed by atoms with Gasteiger partial charge in [-0.25, -0.2) is 4.98 Å².